The first kappa shape index (κ1) is 13.9. The molecule has 90 valence electrons. The first-order chi connectivity index (χ1) is 7.11. The molecule has 0 N–H and O–H groups in total. The predicted octanol–water partition coefficient (Wildman–Crippen LogP) is 5.61. The molecule has 0 radical (unpaired) electrons. The Kier molecular flexibility index (Phi) is 6.02. The van der Waals surface area contributed by atoms with E-state index in [0.29, 0.717) is 0 Å². The molecule has 0 aromatic carbocycles. The molecule has 0 aromatic rings. The van der Waals surface area contributed by atoms with Crippen molar-refractivity contribution < 1.29 is 0 Å². The van der Waals surface area contributed by atoms with Crippen LogP contribution in [0.3, 0.4) is 0 Å². The second-order valence-corrected chi connectivity index (χ2v) is 21.7. The van der Waals surface area contributed by atoms with Crippen LogP contribution >= 0.6 is 0 Å². The SMILES string of the molecule is CCC[CH2][Sn]([CH3])([CH](C)C)[CH]1CCCCC1. The van der Waals surface area contributed by atoms with E-state index in [1.54, 1.807) is 17.3 Å². The Bertz CT molecular complexity index is 170. The van der Waals surface area contributed by atoms with Crippen LogP contribution in [-0.2, 0) is 0 Å². The molecule has 0 nitrogen and oxygen atoms in total. The molecule has 0 amide bonds. The van der Waals surface area contributed by atoms with E-state index in [4.69, 9.17) is 0 Å². The van der Waals surface area contributed by atoms with Crippen LogP contribution in [0, 0.1) is 0 Å². The molecule has 1 fully saturated rings. The van der Waals surface area contributed by atoms with E-state index < -0.39 is 18.4 Å². The molecule has 1 unspecified atom stereocenters. The van der Waals surface area contributed by atoms with Crippen LogP contribution in [0.4, 0.5) is 0 Å². The maximum absolute atomic E-state index is 2.77. The first-order valence-corrected chi connectivity index (χ1v) is 15.3. The maximum atomic E-state index is 2.77. The Balaban J connectivity index is 2.61. The fourth-order valence-corrected chi connectivity index (χ4v) is 16.9. The second kappa shape index (κ2) is 6.51. The van der Waals surface area contributed by atoms with E-state index in [2.05, 4.69) is 25.7 Å². The molecule has 15 heavy (non-hydrogen) atoms. The zero-order valence-corrected chi connectivity index (χ0v) is 14.2. The quantitative estimate of drug-likeness (QED) is 0.578. The second-order valence-electron chi connectivity index (χ2n) is 6.10. The van der Waals surface area contributed by atoms with Gasteiger partial charge in [-0.1, -0.05) is 0 Å². The molecule has 1 aliphatic carbocycles. The fourth-order valence-electron chi connectivity index (χ4n) is 3.28. The molecular formula is C14H30Sn. The van der Waals surface area contributed by atoms with Gasteiger partial charge in [-0.15, -0.1) is 0 Å². The van der Waals surface area contributed by atoms with Crippen molar-refractivity contribution in [1.29, 1.82) is 0 Å². The molecule has 1 rings (SSSR count). The minimum atomic E-state index is -1.75. The van der Waals surface area contributed by atoms with Crippen LogP contribution in [0.2, 0.25) is 17.2 Å². The van der Waals surface area contributed by atoms with Crippen molar-refractivity contribution in [3.63, 3.8) is 0 Å². The molecule has 1 heteroatoms. The standard InChI is InChI=1S/C6H11.C4H9.C3H7.CH3.Sn/c1-2-4-6-5-3-1;1-3-4-2;1-3-2;;/h1H,2-6H2;1,3-4H2,2H3;3H,1-2H3;1H3;. The Labute approximate surface area is 101 Å². The van der Waals surface area contributed by atoms with Crippen molar-refractivity contribution in [2.45, 2.75) is 83.0 Å². The molecule has 0 aromatic heterocycles. The van der Waals surface area contributed by atoms with E-state index in [1.807, 2.05) is 0 Å². The van der Waals surface area contributed by atoms with Gasteiger partial charge < -0.3 is 0 Å². The summed E-state index contributed by atoms with van der Waals surface area (Å²) in [5.41, 5.74) is 0. The molecule has 1 saturated carbocycles. The van der Waals surface area contributed by atoms with Crippen LogP contribution in [0.25, 0.3) is 0 Å². The van der Waals surface area contributed by atoms with Crippen molar-refractivity contribution >= 4 is 18.4 Å². The summed E-state index contributed by atoms with van der Waals surface area (Å²) in [6, 6.07) is 0. The summed E-state index contributed by atoms with van der Waals surface area (Å²) in [6.07, 6.45) is 10.7. The Morgan fingerprint density at radius 3 is 2.20 bits per heavy atom. The van der Waals surface area contributed by atoms with Gasteiger partial charge in [0.05, 0.1) is 0 Å². The van der Waals surface area contributed by atoms with E-state index >= 15 is 0 Å². The van der Waals surface area contributed by atoms with Crippen LogP contribution in [0.1, 0.15) is 65.7 Å². The third kappa shape index (κ3) is 3.64. The summed E-state index contributed by atoms with van der Waals surface area (Å²) in [5, 5.41) is 0. The van der Waals surface area contributed by atoms with E-state index in [-0.39, 0.29) is 0 Å². The van der Waals surface area contributed by atoms with Gasteiger partial charge in [0.2, 0.25) is 0 Å². The van der Waals surface area contributed by atoms with Crippen LogP contribution in [0.15, 0.2) is 0 Å². The predicted molar refractivity (Wildman–Crippen MR) is 73.3 cm³/mol. The minimum absolute atomic E-state index is 1.06. The molecule has 0 spiro atoms. The zero-order valence-electron chi connectivity index (χ0n) is 11.3. The average molecular weight is 317 g/mol. The molecule has 1 atom stereocenters. The monoisotopic (exact) mass is 318 g/mol. The third-order valence-corrected chi connectivity index (χ3v) is 23.5. The van der Waals surface area contributed by atoms with Crippen LogP contribution in [0.5, 0.6) is 0 Å². The Morgan fingerprint density at radius 1 is 1.13 bits per heavy atom. The summed E-state index contributed by atoms with van der Waals surface area (Å²) in [6.45, 7) is 7.41. The van der Waals surface area contributed by atoms with Crippen molar-refractivity contribution in [1.82, 2.24) is 0 Å². The number of hydrogen-bond donors (Lipinski definition) is 0. The Morgan fingerprint density at radius 2 is 1.73 bits per heavy atom. The van der Waals surface area contributed by atoms with Gasteiger partial charge in [0.25, 0.3) is 0 Å². The topological polar surface area (TPSA) is 0 Å². The summed E-state index contributed by atoms with van der Waals surface area (Å²) in [4.78, 5) is 2.77. The molecular weight excluding hydrogens is 287 g/mol. The first-order valence-electron chi connectivity index (χ1n) is 7.11. The normalized spacial score (nSPS) is 23.0. The molecule has 0 bridgehead atoms. The average Bonchev–Trinajstić information content (AvgIpc) is 2.27. The van der Waals surface area contributed by atoms with Gasteiger partial charge in [0.1, 0.15) is 0 Å². The summed E-state index contributed by atoms with van der Waals surface area (Å²) in [5.74, 6) is 0. The zero-order chi connectivity index (χ0) is 11.3. The summed E-state index contributed by atoms with van der Waals surface area (Å²) < 4.78 is 3.95. The number of rotatable bonds is 5. The molecule has 0 saturated heterocycles. The van der Waals surface area contributed by atoms with Gasteiger partial charge in [0, 0.05) is 0 Å². The van der Waals surface area contributed by atoms with Gasteiger partial charge in [-0.2, -0.15) is 0 Å². The van der Waals surface area contributed by atoms with Crippen molar-refractivity contribution in [2.24, 2.45) is 0 Å². The van der Waals surface area contributed by atoms with Crippen molar-refractivity contribution in [3.8, 4) is 0 Å². The van der Waals surface area contributed by atoms with Gasteiger partial charge >= 0.3 is 101 Å². The molecule has 0 heterocycles. The van der Waals surface area contributed by atoms with E-state index in [0.717, 1.165) is 3.93 Å². The number of hydrogen-bond acceptors (Lipinski definition) is 0. The fraction of sp³-hybridized carbons (Fsp3) is 1.00. The Hall–Kier alpha value is 0.799. The summed E-state index contributed by atoms with van der Waals surface area (Å²) in [7, 11) is 0. The van der Waals surface area contributed by atoms with Crippen molar-refractivity contribution in [2.75, 3.05) is 0 Å². The van der Waals surface area contributed by atoms with E-state index in [9.17, 15) is 0 Å². The number of unbranched alkanes of at least 4 members (excludes halogenated alkanes) is 1. The van der Waals surface area contributed by atoms with Crippen molar-refractivity contribution in [3.05, 3.63) is 0 Å². The van der Waals surface area contributed by atoms with Crippen LogP contribution < -0.4 is 0 Å². The summed E-state index contributed by atoms with van der Waals surface area (Å²) >= 11 is -1.75. The van der Waals surface area contributed by atoms with Gasteiger partial charge in [-0.3, -0.25) is 0 Å². The van der Waals surface area contributed by atoms with Gasteiger partial charge in [-0.25, -0.2) is 0 Å². The van der Waals surface area contributed by atoms with E-state index in [1.165, 1.54) is 36.0 Å². The third-order valence-electron chi connectivity index (χ3n) is 4.93. The van der Waals surface area contributed by atoms with Crippen LogP contribution in [-0.4, -0.2) is 18.4 Å². The molecule has 1 aliphatic rings. The van der Waals surface area contributed by atoms with Gasteiger partial charge in [0.15, 0.2) is 0 Å². The molecule has 0 aliphatic heterocycles. The van der Waals surface area contributed by atoms with Gasteiger partial charge in [-0.05, 0) is 0 Å².